The van der Waals surface area contributed by atoms with Crippen LogP contribution in [-0.2, 0) is 14.8 Å². The molecule has 7 nitrogen and oxygen atoms in total. The Kier molecular flexibility index (Phi) is 5.78. The van der Waals surface area contributed by atoms with Gasteiger partial charge >= 0.3 is 0 Å². The van der Waals surface area contributed by atoms with E-state index in [4.69, 9.17) is 5.73 Å². The first-order valence-corrected chi connectivity index (χ1v) is 10.2. The molecule has 2 heterocycles. The van der Waals surface area contributed by atoms with Gasteiger partial charge < -0.3 is 10.6 Å². The van der Waals surface area contributed by atoms with E-state index >= 15 is 0 Å². The quantitative estimate of drug-likeness (QED) is 0.760. The van der Waals surface area contributed by atoms with Gasteiger partial charge in [0.1, 0.15) is 10.7 Å². The minimum atomic E-state index is -4.00. The van der Waals surface area contributed by atoms with Gasteiger partial charge in [-0.15, -0.1) is 0 Å². The van der Waals surface area contributed by atoms with Crippen molar-refractivity contribution in [3.05, 3.63) is 48.2 Å². The van der Waals surface area contributed by atoms with E-state index in [9.17, 15) is 22.0 Å². The van der Waals surface area contributed by atoms with Gasteiger partial charge in [-0.25, -0.2) is 22.2 Å². The number of amides is 1. The van der Waals surface area contributed by atoms with E-state index < -0.39 is 21.7 Å². The fourth-order valence-electron chi connectivity index (χ4n) is 3.22. The van der Waals surface area contributed by atoms with Crippen molar-refractivity contribution in [1.82, 2.24) is 4.98 Å². The highest BCUT2D eigenvalue weighted by Crippen LogP contribution is 2.25. The molecule has 1 amide bonds. The first-order chi connectivity index (χ1) is 13.2. The molecule has 0 radical (unpaired) electrons. The van der Waals surface area contributed by atoms with Crippen LogP contribution < -0.4 is 15.4 Å². The molecular weight excluding hydrogens is 390 g/mol. The zero-order valence-electron chi connectivity index (χ0n) is 14.9. The Labute approximate surface area is 161 Å². The van der Waals surface area contributed by atoms with Crippen LogP contribution in [0.2, 0.25) is 0 Å². The van der Waals surface area contributed by atoms with Crippen molar-refractivity contribution in [2.75, 3.05) is 22.7 Å². The van der Waals surface area contributed by atoms with E-state index in [0.29, 0.717) is 18.8 Å². The number of aromatic nitrogens is 1. The number of carbonyl (C=O) groups is 1. The Balaban J connectivity index is 1.72. The molecule has 0 aliphatic carbocycles. The monoisotopic (exact) mass is 410 g/mol. The minimum Gasteiger partial charge on any atom is -0.370 e. The standard InChI is InChI=1S/C18H20F2N4O3S/c19-15-5-3-13(9-16(15)20)23-28(26,27)14-4-6-18(22-10-14)24-7-1-2-12(11-24)8-17(21)25/h3-6,9-10,12,23H,1-2,7-8,11H2,(H2,21,25). The van der Waals surface area contributed by atoms with E-state index in [1.165, 1.54) is 12.3 Å². The summed E-state index contributed by atoms with van der Waals surface area (Å²) < 4.78 is 53.3. The van der Waals surface area contributed by atoms with Gasteiger partial charge in [0.2, 0.25) is 5.91 Å². The number of piperidine rings is 1. The molecule has 2 aromatic rings. The molecule has 1 atom stereocenters. The van der Waals surface area contributed by atoms with Crippen LogP contribution >= 0.6 is 0 Å². The predicted octanol–water partition coefficient (Wildman–Crippen LogP) is 2.25. The number of hydrogen-bond donors (Lipinski definition) is 2. The number of hydrogen-bond acceptors (Lipinski definition) is 5. The van der Waals surface area contributed by atoms with Crippen LogP contribution in [0.3, 0.4) is 0 Å². The number of nitrogens with one attached hydrogen (secondary N) is 1. The number of rotatable bonds is 6. The summed E-state index contributed by atoms with van der Waals surface area (Å²) in [5.74, 6) is -1.81. The molecule has 1 fully saturated rings. The molecule has 1 aromatic carbocycles. The van der Waals surface area contributed by atoms with Crippen LogP contribution in [0.15, 0.2) is 41.4 Å². The largest absolute Gasteiger partial charge is 0.370 e. The lowest BCUT2D eigenvalue weighted by Gasteiger charge is -2.33. The van der Waals surface area contributed by atoms with Crippen molar-refractivity contribution in [2.45, 2.75) is 24.2 Å². The zero-order chi connectivity index (χ0) is 20.3. The zero-order valence-corrected chi connectivity index (χ0v) is 15.8. The van der Waals surface area contributed by atoms with Gasteiger partial charge in [-0.2, -0.15) is 0 Å². The summed E-state index contributed by atoms with van der Waals surface area (Å²) in [4.78, 5) is 17.2. The van der Waals surface area contributed by atoms with Crippen molar-refractivity contribution in [3.8, 4) is 0 Å². The summed E-state index contributed by atoms with van der Waals surface area (Å²) in [7, 11) is -4.00. The van der Waals surface area contributed by atoms with Crippen LogP contribution in [0, 0.1) is 17.6 Å². The van der Waals surface area contributed by atoms with Crippen molar-refractivity contribution >= 4 is 27.4 Å². The highest BCUT2D eigenvalue weighted by molar-refractivity contribution is 7.92. The number of nitrogens with two attached hydrogens (primary N) is 1. The van der Waals surface area contributed by atoms with Crippen LogP contribution in [0.1, 0.15) is 19.3 Å². The van der Waals surface area contributed by atoms with Gasteiger partial charge in [0.25, 0.3) is 10.0 Å². The first-order valence-electron chi connectivity index (χ1n) is 8.72. The second-order valence-electron chi connectivity index (χ2n) is 6.71. The van der Waals surface area contributed by atoms with Crippen molar-refractivity contribution in [3.63, 3.8) is 0 Å². The fourth-order valence-corrected chi connectivity index (χ4v) is 4.21. The van der Waals surface area contributed by atoms with Crippen LogP contribution in [0.5, 0.6) is 0 Å². The summed E-state index contributed by atoms with van der Waals surface area (Å²) in [5.41, 5.74) is 5.18. The number of pyridine rings is 1. The highest BCUT2D eigenvalue weighted by atomic mass is 32.2. The summed E-state index contributed by atoms with van der Waals surface area (Å²) >= 11 is 0. The molecule has 0 bridgehead atoms. The number of halogens is 2. The molecule has 1 aliphatic heterocycles. The molecule has 1 unspecified atom stereocenters. The van der Waals surface area contributed by atoms with Crippen LogP contribution in [0.25, 0.3) is 0 Å². The molecule has 10 heteroatoms. The summed E-state index contributed by atoms with van der Waals surface area (Å²) in [6.45, 7) is 1.37. The van der Waals surface area contributed by atoms with Crippen molar-refractivity contribution in [2.24, 2.45) is 11.7 Å². The molecular formula is C18H20F2N4O3S. The van der Waals surface area contributed by atoms with E-state index in [1.807, 2.05) is 4.90 Å². The lowest BCUT2D eigenvalue weighted by atomic mass is 9.94. The topological polar surface area (TPSA) is 105 Å². The number of nitrogens with zero attached hydrogens (tertiary/aromatic N) is 2. The van der Waals surface area contributed by atoms with Gasteiger partial charge in [0.15, 0.2) is 11.6 Å². The Morgan fingerprint density at radius 2 is 2.04 bits per heavy atom. The third-order valence-corrected chi connectivity index (χ3v) is 5.90. The van der Waals surface area contributed by atoms with Crippen molar-refractivity contribution in [1.29, 1.82) is 0 Å². The van der Waals surface area contributed by atoms with Gasteiger partial charge in [-0.1, -0.05) is 0 Å². The smallest absolute Gasteiger partial charge is 0.263 e. The van der Waals surface area contributed by atoms with Gasteiger partial charge in [0.05, 0.1) is 5.69 Å². The van der Waals surface area contributed by atoms with E-state index in [-0.39, 0.29) is 22.4 Å². The maximum absolute atomic E-state index is 13.3. The third kappa shape index (κ3) is 4.75. The minimum absolute atomic E-state index is 0.0895. The normalized spacial score (nSPS) is 17.4. The number of sulfonamides is 1. The Bertz CT molecular complexity index is 967. The average Bonchev–Trinajstić information content (AvgIpc) is 2.64. The van der Waals surface area contributed by atoms with E-state index in [1.54, 1.807) is 6.07 Å². The van der Waals surface area contributed by atoms with Crippen LogP contribution in [-0.4, -0.2) is 32.4 Å². The molecule has 1 aromatic heterocycles. The Morgan fingerprint density at radius 1 is 1.25 bits per heavy atom. The maximum Gasteiger partial charge on any atom is 0.263 e. The molecule has 3 N–H and O–H groups in total. The SMILES string of the molecule is NC(=O)CC1CCCN(c2ccc(S(=O)(=O)Nc3ccc(F)c(F)c3)cn2)C1. The number of primary amides is 1. The second kappa shape index (κ2) is 8.09. The summed E-state index contributed by atoms with van der Waals surface area (Å²) in [6, 6.07) is 5.70. The fraction of sp³-hybridized carbons (Fsp3) is 0.333. The predicted molar refractivity (Wildman–Crippen MR) is 100 cm³/mol. The van der Waals surface area contributed by atoms with E-state index in [2.05, 4.69) is 9.71 Å². The molecule has 1 saturated heterocycles. The number of benzene rings is 1. The van der Waals surface area contributed by atoms with Crippen LogP contribution in [0.4, 0.5) is 20.3 Å². The van der Waals surface area contributed by atoms with Gasteiger partial charge in [-0.05, 0) is 43.0 Å². The molecule has 0 saturated carbocycles. The van der Waals surface area contributed by atoms with Gasteiger partial charge in [-0.3, -0.25) is 9.52 Å². The van der Waals surface area contributed by atoms with Crippen molar-refractivity contribution < 1.29 is 22.0 Å². The molecule has 0 spiro atoms. The third-order valence-electron chi connectivity index (χ3n) is 4.54. The second-order valence-corrected chi connectivity index (χ2v) is 8.39. The maximum atomic E-state index is 13.3. The number of carbonyl (C=O) groups excluding carboxylic acids is 1. The first kappa shape index (κ1) is 20.0. The van der Waals surface area contributed by atoms with E-state index in [0.717, 1.165) is 37.6 Å². The molecule has 150 valence electrons. The Hall–Kier alpha value is -2.75. The summed E-state index contributed by atoms with van der Waals surface area (Å²) in [6.07, 6.45) is 3.30. The average molecular weight is 410 g/mol. The number of anilines is 2. The molecule has 28 heavy (non-hydrogen) atoms. The highest BCUT2D eigenvalue weighted by Gasteiger charge is 2.23. The van der Waals surface area contributed by atoms with Gasteiger partial charge in [0, 0.05) is 31.8 Å². The molecule has 1 aliphatic rings. The molecule has 3 rings (SSSR count). The summed E-state index contributed by atoms with van der Waals surface area (Å²) in [5, 5.41) is 0. The lowest BCUT2D eigenvalue weighted by Crippen LogP contribution is -2.37. The lowest BCUT2D eigenvalue weighted by molar-refractivity contribution is -0.118. The Morgan fingerprint density at radius 3 is 2.68 bits per heavy atom.